The molecule has 7 nitrogen and oxygen atoms in total. The summed E-state index contributed by atoms with van der Waals surface area (Å²) >= 11 is 0. The fraction of sp³-hybridized carbons (Fsp3) is 0.464. The van der Waals surface area contributed by atoms with Crippen molar-refractivity contribution in [2.24, 2.45) is 0 Å². The Kier molecular flexibility index (Phi) is 8.70. The Morgan fingerprint density at radius 2 is 1.97 bits per heavy atom. The van der Waals surface area contributed by atoms with E-state index < -0.39 is 11.7 Å². The summed E-state index contributed by atoms with van der Waals surface area (Å²) in [5, 5.41) is 29.4. The first-order valence-corrected chi connectivity index (χ1v) is 12.5. The average molecular weight is 480 g/mol. The maximum absolute atomic E-state index is 10.1. The highest BCUT2D eigenvalue weighted by atomic mass is 16.5. The lowest BCUT2D eigenvalue weighted by Crippen LogP contribution is -2.42. The minimum Gasteiger partial charge on any atom is -0.395 e. The van der Waals surface area contributed by atoms with Crippen LogP contribution in [0.5, 0.6) is 0 Å². The van der Waals surface area contributed by atoms with Gasteiger partial charge in [-0.15, -0.1) is 0 Å². The lowest BCUT2D eigenvalue weighted by atomic mass is 9.88. The fourth-order valence-electron chi connectivity index (χ4n) is 4.88. The largest absolute Gasteiger partial charge is 0.395 e. The van der Waals surface area contributed by atoms with Crippen LogP contribution in [0.4, 0.5) is 0 Å². The highest BCUT2D eigenvalue weighted by Gasteiger charge is 2.32. The van der Waals surface area contributed by atoms with Crippen molar-refractivity contribution in [3.05, 3.63) is 84.5 Å². The standard InChI is InChI=1S/C28H37N3O4/c1-22(34)27-29-15-18-31(27)25(21-33)9-14-28(35-26-10-16-30(17-11-26)19-20-32)12-7-24(8-13-28)23-5-3-2-4-6-23/h2-9,12,14-15,18,22,25-26,32-34H,10-11,13,16-17,19-21H2,1H3/b14-9+. The SMILES string of the molecule is CC(O)c1nccn1C(/C=C/C1(OC2CCN(CCO)CC2)C=CC(c2ccccc2)=CC1)CO. The number of piperidine rings is 1. The Morgan fingerprint density at radius 3 is 2.60 bits per heavy atom. The molecule has 1 saturated heterocycles. The summed E-state index contributed by atoms with van der Waals surface area (Å²) in [6.07, 6.45) is 15.8. The van der Waals surface area contributed by atoms with E-state index in [-0.39, 0.29) is 25.4 Å². The molecule has 3 atom stereocenters. The van der Waals surface area contributed by atoms with Crippen molar-refractivity contribution >= 4 is 5.57 Å². The number of benzene rings is 1. The van der Waals surface area contributed by atoms with Gasteiger partial charge in [0.25, 0.3) is 0 Å². The first-order chi connectivity index (χ1) is 17.0. The molecule has 188 valence electrons. The van der Waals surface area contributed by atoms with E-state index in [1.165, 1.54) is 11.1 Å². The quantitative estimate of drug-likeness (QED) is 0.453. The maximum Gasteiger partial charge on any atom is 0.137 e. The average Bonchev–Trinajstić information content (AvgIpc) is 3.37. The van der Waals surface area contributed by atoms with Gasteiger partial charge in [0.1, 0.15) is 17.5 Å². The van der Waals surface area contributed by atoms with Gasteiger partial charge < -0.3 is 29.5 Å². The molecule has 0 amide bonds. The van der Waals surface area contributed by atoms with Crippen LogP contribution in [-0.4, -0.2) is 74.3 Å². The summed E-state index contributed by atoms with van der Waals surface area (Å²) < 4.78 is 8.56. The van der Waals surface area contributed by atoms with Crippen LogP contribution in [0.15, 0.2) is 73.1 Å². The number of likely N-dealkylation sites (tertiary alicyclic amines) is 1. The molecule has 2 aliphatic rings. The van der Waals surface area contributed by atoms with E-state index in [4.69, 9.17) is 4.74 Å². The van der Waals surface area contributed by atoms with Crippen molar-refractivity contribution in [3.63, 3.8) is 0 Å². The molecule has 2 aromatic rings. The van der Waals surface area contributed by atoms with Gasteiger partial charge in [0.15, 0.2) is 0 Å². The first-order valence-electron chi connectivity index (χ1n) is 12.5. The molecule has 1 aliphatic carbocycles. The van der Waals surface area contributed by atoms with Crippen molar-refractivity contribution in [2.45, 2.75) is 50.0 Å². The molecule has 4 rings (SSSR count). The van der Waals surface area contributed by atoms with Crippen molar-refractivity contribution in [2.75, 3.05) is 32.8 Å². The molecular formula is C28H37N3O4. The van der Waals surface area contributed by atoms with Gasteiger partial charge in [-0.25, -0.2) is 4.98 Å². The van der Waals surface area contributed by atoms with E-state index in [0.717, 1.165) is 25.9 Å². The van der Waals surface area contributed by atoms with Gasteiger partial charge in [-0.3, -0.25) is 0 Å². The van der Waals surface area contributed by atoms with Gasteiger partial charge >= 0.3 is 0 Å². The molecule has 1 aromatic heterocycles. The predicted octanol–water partition coefficient (Wildman–Crippen LogP) is 3.28. The molecular weight excluding hydrogens is 442 g/mol. The third kappa shape index (κ3) is 6.37. The molecule has 2 heterocycles. The lowest BCUT2D eigenvalue weighted by Gasteiger charge is -2.38. The second-order valence-corrected chi connectivity index (χ2v) is 9.38. The number of β-amino-alcohol motifs (C(OH)–C–C–N with tert-alkyl or cyclic N) is 1. The van der Waals surface area contributed by atoms with Gasteiger partial charge in [-0.1, -0.05) is 54.6 Å². The number of rotatable bonds is 10. The topological polar surface area (TPSA) is 91.0 Å². The van der Waals surface area contributed by atoms with Crippen LogP contribution in [0.2, 0.25) is 0 Å². The molecule has 7 heteroatoms. The van der Waals surface area contributed by atoms with E-state index in [1.807, 2.05) is 24.3 Å². The maximum atomic E-state index is 10.1. The molecule has 0 radical (unpaired) electrons. The van der Waals surface area contributed by atoms with Gasteiger partial charge in [0, 0.05) is 38.4 Å². The van der Waals surface area contributed by atoms with Crippen LogP contribution in [0.3, 0.4) is 0 Å². The Balaban J connectivity index is 1.55. The molecule has 0 spiro atoms. The van der Waals surface area contributed by atoms with Crippen molar-refractivity contribution in [3.8, 4) is 0 Å². The Morgan fingerprint density at radius 1 is 1.20 bits per heavy atom. The molecule has 35 heavy (non-hydrogen) atoms. The Labute approximate surface area is 207 Å². The fourth-order valence-corrected chi connectivity index (χ4v) is 4.88. The highest BCUT2D eigenvalue weighted by molar-refractivity contribution is 5.75. The molecule has 0 saturated carbocycles. The number of nitrogens with zero attached hydrogens (tertiary/aromatic N) is 3. The molecule has 3 unspecified atom stereocenters. The van der Waals surface area contributed by atoms with Crippen LogP contribution in [0.1, 0.15) is 49.7 Å². The van der Waals surface area contributed by atoms with Gasteiger partial charge in [0.05, 0.1) is 25.4 Å². The van der Waals surface area contributed by atoms with Gasteiger partial charge in [-0.05, 0) is 37.0 Å². The van der Waals surface area contributed by atoms with Gasteiger partial charge in [-0.2, -0.15) is 0 Å². The Bertz CT molecular complexity index is 1020. The molecule has 1 fully saturated rings. The second-order valence-electron chi connectivity index (χ2n) is 9.38. The molecule has 0 bridgehead atoms. The number of aliphatic hydroxyl groups is 3. The van der Waals surface area contributed by atoms with Gasteiger partial charge in [0.2, 0.25) is 0 Å². The monoisotopic (exact) mass is 479 g/mol. The van der Waals surface area contributed by atoms with Crippen LogP contribution in [0, 0.1) is 0 Å². The normalized spacial score (nSPS) is 23.5. The number of aromatic nitrogens is 2. The second kappa shape index (κ2) is 11.9. The molecule has 1 aromatic carbocycles. The van der Waals surface area contributed by atoms with E-state index in [1.54, 1.807) is 23.9 Å². The summed E-state index contributed by atoms with van der Waals surface area (Å²) in [6.45, 7) is 4.26. The van der Waals surface area contributed by atoms with E-state index >= 15 is 0 Å². The first kappa shape index (κ1) is 25.5. The van der Waals surface area contributed by atoms with Crippen LogP contribution in [0.25, 0.3) is 5.57 Å². The number of aliphatic hydroxyl groups excluding tert-OH is 3. The minimum atomic E-state index is -0.729. The van der Waals surface area contributed by atoms with Crippen LogP contribution >= 0.6 is 0 Å². The smallest absolute Gasteiger partial charge is 0.137 e. The zero-order chi connectivity index (χ0) is 24.7. The molecule has 1 aliphatic heterocycles. The van der Waals surface area contributed by atoms with Crippen LogP contribution < -0.4 is 0 Å². The summed E-state index contributed by atoms with van der Waals surface area (Å²) in [5.41, 5.74) is 1.72. The minimum absolute atomic E-state index is 0.111. The summed E-state index contributed by atoms with van der Waals surface area (Å²) in [7, 11) is 0. The van der Waals surface area contributed by atoms with E-state index in [2.05, 4.69) is 46.3 Å². The number of hydrogen-bond donors (Lipinski definition) is 3. The summed E-state index contributed by atoms with van der Waals surface area (Å²) in [4.78, 5) is 6.52. The number of imidazole rings is 1. The van der Waals surface area contributed by atoms with Crippen LogP contribution in [-0.2, 0) is 4.74 Å². The van der Waals surface area contributed by atoms with Crippen molar-refractivity contribution < 1.29 is 20.1 Å². The zero-order valence-corrected chi connectivity index (χ0v) is 20.4. The van der Waals surface area contributed by atoms with Crippen molar-refractivity contribution in [1.82, 2.24) is 14.5 Å². The summed E-state index contributed by atoms with van der Waals surface area (Å²) in [5.74, 6) is 0.519. The third-order valence-electron chi connectivity index (χ3n) is 6.85. The van der Waals surface area contributed by atoms with E-state index in [9.17, 15) is 15.3 Å². The third-order valence-corrected chi connectivity index (χ3v) is 6.85. The molecule has 3 N–H and O–H groups in total. The number of ether oxygens (including phenoxy) is 1. The van der Waals surface area contributed by atoms with Crippen molar-refractivity contribution in [1.29, 1.82) is 0 Å². The predicted molar refractivity (Wildman–Crippen MR) is 137 cm³/mol. The summed E-state index contributed by atoms with van der Waals surface area (Å²) in [6, 6.07) is 9.95. The van der Waals surface area contributed by atoms with E-state index in [0.29, 0.717) is 18.8 Å². The Hall–Kier alpha value is -2.55. The highest BCUT2D eigenvalue weighted by Crippen LogP contribution is 2.34. The number of allylic oxidation sites excluding steroid dienone is 2. The number of hydrogen-bond acceptors (Lipinski definition) is 6. The lowest BCUT2D eigenvalue weighted by molar-refractivity contribution is -0.0608. The zero-order valence-electron chi connectivity index (χ0n) is 20.4.